The molecule has 0 saturated carbocycles. The molecule has 1 aromatic rings. The van der Waals surface area contributed by atoms with E-state index in [0.717, 1.165) is 30.8 Å². The van der Waals surface area contributed by atoms with Crippen molar-refractivity contribution in [3.63, 3.8) is 0 Å². The highest BCUT2D eigenvalue weighted by Gasteiger charge is 2.16. The second-order valence-electron chi connectivity index (χ2n) is 3.33. The molecule has 84 valence electrons. The molecule has 0 unspecified atom stereocenters. The summed E-state index contributed by atoms with van der Waals surface area (Å²) in [4.78, 5) is 18.9. The van der Waals surface area contributed by atoms with E-state index in [-0.39, 0.29) is 5.97 Å². The van der Waals surface area contributed by atoms with Gasteiger partial charge in [-0.15, -0.1) is 0 Å². The molecule has 0 fully saturated rings. The summed E-state index contributed by atoms with van der Waals surface area (Å²) in [5, 5.41) is 0. The number of nitrogens with one attached hydrogen (secondary N) is 1. The first-order valence-corrected chi connectivity index (χ1v) is 5.47. The lowest BCUT2D eigenvalue weighted by Crippen LogP contribution is -2.07. The predicted octanol–water partition coefficient (Wildman–Crippen LogP) is 2.10. The first-order chi connectivity index (χ1) is 7.22. The van der Waals surface area contributed by atoms with Gasteiger partial charge in [-0.05, 0) is 19.8 Å². The maximum Gasteiger partial charge on any atom is 0.356 e. The Morgan fingerprint density at radius 2 is 2.13 bits per heavy atom. The third kappa shape index (κ3) is 2.81. The molecule has 0 atom stereocenters. The zero-order valence-electron chi connectivity index (χ0n) is 9.59. The smallest absolute Gasteiger partial charge is 0.356 e. The van der Waals surface area contributed by atoms with Gasteiger partial charge in [0.2, 0.25) is 0 Å². The molecule has 0 radical (unpaired) electrons. The van der Waals surface area contributed by atoms with Crippen molar-refractivity contribution in [3.05, 3.63) is 17.2 Å². The molecule has 0 aliphatic carbocycles. The van der Waals surface area contributed by atoms with E-state index in [1.807, 2.05) is 6.92 Å². The Balaban J connectivity index is 2.89. The van der Waals surface area contributed by atoms with Crippen molar-refractivity contribution in [1.29, 1.82) is 0 Å². The van der Waals surface area contributed by atoms with Gasteiger partial charge in [0.15, 0.2) is 0 Å². The van der Waals surface area contributed by atoms with Crippen LogP contribution < -0.4 is 0 Å². The third-order valence-corrected chi connectivity index (χ3v) is 2.13. The zero-order valence-corrected chi connectivity index (χ0v) is 9.59. The van der Waals surface area contributed by atoms with Crippen LogP contribution >= 0.6 is 0 Å². The Morgan fingerprint density at radius 1 is 1.40 bits per heavy atom. The molecule has 0 aliphatic heterocycles. The molecule has 1 rings (SSSR count). The number of H-pyrrole nitrogens is 1. The number of nitrogens with zero attached hydrogens (tertiary/aromatic N) is 1. The van der Waals surface area contributed by atoms with Crippen LogP contribution in [0.25, 0.3) is 0 Å². The minimum atomic E-state index is -0.302. The minimum Gasteiger partial charge on any atom is -0.461 e. The van der Waals surface area contributed by atoms with Gasteiger partial charge in [0.25, 0.3) is 0 Å². The van der Waals surface area contributed by atoms with E-state index in [2.05, 4.69) is 16.9 Å². The summed E-state index contributed by atoms with van der Waals surface area (Å²) in [6.07, 6.45) is 2.62. The van der Waals surface area contributed by atoms with Crippen molar-refractivity contribution in [2.24, 2.45) is 0 Å². The van der Waals surface area contributed by atoms with Crippen molar-refractivity contribution in [1.82, 2.24) is 9.97 Å². The number of imidazole rings is 1. The molecule has 4 nitrogen and oxygen atoms in total. The van der Waals surface area contributed by atoms with Crippen LogP contribution in [0, 0.1) is 0 Å². The summed E-state index contributed by atoms with van der Waals surface area (Å²) < 4.78 is 4.95. The van der Waals surface area contributed by atoms with E-state index in [9.17, 15) is 4.79 Å². The van der Waals surface area contributed by atoms with E-state index in [1.54, 1.807) is 6.92 Å². The summed E-state index contributed by atoms with van der Waals surface area (Å²) in [5.74, 6) is 0.571. The van der Waals surface area contributed by atoms with Gasteiger partial charge >= 0.3 is 5.97 Å². The third-order valence-electron chi connectivity index (χ3n) is 2.13. The summed E-state index contributed by atoms with van der Waals surface area (Å²) >= 11 is 0. The van der Waals surface area contributed by atoms with E-state index in [1.165, 1.54) is 0 Å². The lowest BCUT2D eigenvalue weighted by Gasteiger charge is -1.99. The van der Waals surface area contributed by atoms with Gasteiger partial charge in [-0.1, -0.05) is 13.8 Å². The molecular weight excluding hydrogens is 192 g/mol. The lowest BCUT2D eigenvalue weighted by atomic mass is 10.3. The summed E-state index contributed by atoms with van der Waals surface area (Å²) in [6.45, 7) is 6.25. The second-order valence-corrected chi connectivity index (χ2v) is 3.33. The average molecular weight is 210 g/mol. The van der Waals surface area contributed by atoms with Crippen LogP contribution in [0.2, 0.25) is 0 Å². The maximum atomic E-state index is 11.5. The van der Waals surface area contributed by atoms with E-state index in [0.29, 0.717) is 12.3 Å². The summed E-state index contributed by atoms with van der Waals surface area (Å²) in [6, 6.07) is 0. The van der Waals surface area contributed by atoms with Crippen LogP contribution in [-0.4, -0.2) is 22.5 Å². The Morgan fingerprint density at radius 3 is 2.67 bits per heavy atom. The van der Waals surface area contributed by atoms with E-state index in [4.69, 9.17) is 4.74 Å². The van der Waals surface area contributed by atoms with Crippen LogP contribution in [0.15, 0.2) is 0 Å². The standard InChI is InChI=1S/C11H18N2O2/c1-4-7-9-12-8(5-2)10(13-9)11(14)15-6-3/h4-7H2,1-3H3,(H,12,13). The number of aryl methyl sites for hydroxylation is 2. The number of aromatic amines is 1. The molecule has 0 bridgehead atoms. The van der Waals surface area contributed by atoms with E-state index < -0.39 is 0 Å². The van der Waals surface area contributed by atoms with Crippen LogP contribution in [0.3, 0.4) is 0 Å². The lowest BCUT2D eigenvalue weighted by molar-refractivity contribution is 0.0518. The van der Waals surface area contributed by atoms with Crippen molar-refractivity contribution in [2.75, 3.05) is 6.61 Å². The molecule has 0 amide bonds. The second kappa shape index (κ2) is 5.53. The molecule has 0 saturated heterocycles. The molecular formula is C11H18N2O2. The summed E-state index contributed by atoms with van der Waals surface area (Å²) in [5.41, 5.74) is 1.32. The highest BCUT2D eigenvalue weighted by molar-refractivity contribution is 5.88. The number of ether oxygens (including phenoxy) is 1. The van der Waals surface area contributed by atoms with Gasteiger partial charge in [-0.25, -0.2) is 9.78 Å². The van der Waals surface area contributed by atoms with Gasteiger partial charge in [0.1, 0.15) is 11.5 Å². The van der Waals surface area contributed by atoms with Gasteiger partial charge in [-0.3, -0.25) is 0 Å². The molecule has 15 heavy (non-hydrogen) atoms. The predicted molar refractivity (Wildman–Crippen MR) is 57.9 cm³/mol. The largest absolute Gasteiger partial charge is 0.461 e. The number of aromatic nitrogens is 2. The van der Waals surface area contributed by atoms with Crippen molar-refractivity contribution < 1.29 is 9.53 Å². The molecule has 0 aromatic carbocycles. The molecule has 4 heteroatoms. The monoisotopic (exact) mass is 210 g/mol. The topological polar surface area (TPSA) is 55.0 Å². The Kier molecular flexibility index (Phi) is 4.34. The van der Waals surface area contributed by atoms with Crippen molar-refractivity contribution >= 4 is 5.97 Å². The average Bonchev–Trinajstić information content (AvgIpc) is 2.62. The van der Waals surface area contributed by atoms with Gasteiger partial charge in [-0.2, -0.15) is 0 Å². The van der Waals surface area contributed by atoms with Crippen LogP contribution in [0.5, 0.6) is 0 Å². The summed E-state index contributed by atoms with van der Waals surface area (Å²) in [7, 11) is 0. The van der Waals surface area contributed by atoms with E-state index >= 15 is 0 Å². The highest BCUT2D eigenvalue weighted by atomic mass is 16.5. The van der Waals surface area contributed by atoms with Crippen molar-refractivity contribution in [2.45, 2.75) is 40.0 Å². The molecule has 0 spiro atoms. The maximum absolute atomic E-state index is 11.5. The number of rotatable bonds is 5. The Bertz CT molecular complexity index is 331. The molecule has 1 N–H and O–H groups in total. The number of esters is 1. The normalized spacial score (nSPS) is 10.3. The first-order valence-electron chi connectivity index (χ1n) is 5.47. The molecule has 1 aromatic heterocycles. The molecule has 0 aliphatic rings. The highest BCUT2D eigenvalue weighted by Crippen LogP contribution is 2.10. The van der Waals surface area contributed by atoms with Gasteiger partial charge in [0, 0.05) is 6.42 Å². The number of carbonyl (C=O) groups excluding carboxylic acids is 1. The zero-order chi connectivity index (χ0) is 11.3. The number of carbonyl (C=O) groups is 1. The van der Waals surface area contributed by atoms with Crippen molar-refractivity contribution in [3.8, 4) is 0 Å². The Labute approximate surface area is 90.1 Å². The minimum absolute atomic E-state index is 0.302. The quantitative estimate of drug-likeness (QED) is 0.757. The fourth-order valence-corrected chi connectivity index (χ4v) is 1.45. The van der Waals surface area contributed by atoms with Gasteiger partial charge < -0.3 is 9.72 Å². The fourth-order valence-electron chi connectivity index (χ4n) is 1.45. The Hall–Kier alpha value is -1.32. The SMILES string of the molecule is CCCc1nc(CC)c(C(=O)OCC)[nH]1. The number of hydrogen-bond acceptors (Lipinski definition) is 3. The van der Waals surface area contributed by atoms with Crippen LogP contribution in [0.1, 0.15) is 49.2 Å². The first kappa shape index (κ1) is 11.8. The number of hydrogen-bond donors (Lipinski definition) is 1. The molecule has 1 heterocycles. The van der Waals surface area contributed by atoms with Crippen LogP contribution in [-0.2, 0) is 17.6 Å². The van der Waals surface area contributed by atoms with Crippen LogP contribution in [0.4, 0.5) is 0 Å². The van der Waals surface area contributed by atoms with Gasteiger partial charge in [0.05, 0.1) is 12.3 Å². The fraction of sp³-hybridized carbons (Fsp3) is 0.636.